The van der Waals surface area contributed by atoms with Gasteiger partial charge in [-0.05, 0) is 17.9 Å². The number of nitrogens with one attached hydrogen (secondary N) is 2. The Morgan fingerprint density at radius 3 is 1.77 bits per heavy atom. The summed E-state index contributed by atoms with van der Waals surface area (Å²) in [5, 5.41) is 14.7. The molecule has 0 aromatic heterocycles. The maximum atomic E-state index is 12.9. The molecular weight excluding hydrogens is 528 g/mol. The summed E-state index contributed by atoms with van der Waals surface area (Å²) in [6.07, 6.45) is 0.492. The van der Waals surface area contributed by atoms with E-state index in [1.165, 1.54) is 0 Å². The fourth-order valence-electron chi connectivity index (χ4n) is 3.37. The molecule has 0 saturated carbocycles. The summed E-state index contributed by atoms with van der Waals surface area (Å²) in [6.45, 7) is 7.31. The third-order valence-electron chi connectivity index (χ3n) is 5.21. The minimum absolute atomic E-state index is 0.0725. The Morgan fingerprint density at radius 2 is 1.28 bits per heavy atom. The number of thiol groups is 1. The van der Waals surface area contributed by atoms with Crippen molar-refractivity contribution >= 4 is 30.4 Å². The predicted octanol–water partition coefficient (Wildman–Crippen LogP) is 1.34. The Morgan fingerprint density at radius 1 is 0.769 bits per heavy atom. The Hall–Kier alpha value is -2.22. The number of carbonyl (C=O) groups is 3. The van der Waals surface area contributed by atoms with Crippen LogP contribution < -0.4 is 10.6 Å². The minimum Gasteiger partial charge on any atom is -0.480 e. The van der Waals surface area contributed by atoms with E-state index in [0.717, 1.165) is 5.56 Å². The van der Waals surface area contributed by atoms with Crippen LogP contribution in [0.4, 0.5) is 0 Å². The number of hydrogen-bond donors (Lipinski definition) is 4. The van der Waals surface area contributed by atoms with E-state index in [9.17, 15) is 19.5 Å². The van der Waals surface area contributed by atoms with Gasteiger partial charge >= 0.3 is 5.97 Å². The quantitative estimate of drug-likeness (QED) is 0.107. The van der Waals surface area contributed by atoms with E-state index in [1.54, 1.807) is 0 Å². The van der Waals surface area contributed by atoms with Gasteiger partial charge < -0.3 is 39.4 Å². The summed E-state index contributed by atoms with van der Waals surface area (Å²) in [5.74, 6) is -1.40. The van der Waals surface area contributed by atoms with Crippen molar-refractivity contribution in [3.05, 3.63) is 35.9 Å². The fraction of sp³-hybridized carbons (Fsp3) is 0.667. The molecule has 2 atom stereocenters. The van der Waals surface area contributed by atoms with Crippen LogP contribution in [-0.2, 0) is 44.5 Å². The summed E-state index contributed by atoms with van der Waals surface area (Å²) in [5.41, 5.74) is 0.829. The van der Waals surface area contributed by atoms with E-state index >= 15 is 0 Å². The zero-order chi connectivity index (χ0) is 28.7. The molecule has 0 bridgehead atoms. The molecule has 0 saturated heterocycles. The predicted molar refractivity (Wildman–Crippen MR) is 149 cm³/mol. The monoisotopic (exact) mass is 572 g/mol. The van der Waals surface area contributed by atoms with Crippen molar-refractivity contribution in [2.45, 2.75) is 38.8 Å². The lowest BCUT2D eigenvalue weighted by Gasteiger charge is -2.22. The Balaban J connectivity index is 2.30. The number of hydrogen-bond acceptors (Lipinski definition) is 9. The summed E-state index contributed by atoms with van der Waals surface area (Å²) < 4.78 is 26.8. The zero-order valence-corrected chi connectivity index (χ0v) is 23.9. The van der Waals surface area contributed by atoms with Crippen molar-refractivity contribution in [2.75, 3.05) is 71.8 Å². The lowest BCUT2D eigenvalue weighted by molar-refractivity contribution is -0.142. The van der Waals surface area contributed by atoms with Gasteiger partial charge in [0.05, 0.1) is 59.5 Å². The molecule has 0 aliphatic carbocycles. The molecule has 2 unspecified atom stereocenters. The van der Waals surface area contributed by atoms with Crippen molar-refractivity contribution in [2.24, 2.45) is 5.92 Å². The standard InChI is InChI=1S/C27H44N2O9S/c1-21(2)18-24(27(32)33)29-26(31)23(19-22-6-4-3-5-7-22)28-25(30)20-38-15-14-36-11-10-34-8-9-35-12-13-37-16-17-39/h3-7,21,23-24,39H,8-20H2,1-2H3,(H,28,30)(H,29,31)(H,32,33). The lowest BCUT2D eigenvalue weighted by atomic mass is 10.0. The highest BCUT2D eigenvalue weighted by atomic mass is 32.1. The molecule has 2 amide bonds. The molecule has 0 fully saturated rings. The molecular formula is C27H44N2O9S. The summed E-state index contributed by atoms with van der Waals surface area (Å²) in [6, 6.07) is 7.19. The van der Waals surface area contributed by atoms with Crippen LogP contribution >= 0.6 is 12.6 Å². The molecule has 0 radical (unpaired) electrons. The van der Waals surface area contributed by atoms with Gasteiger partial charge in [-0.3, -0.25) is 9.59 Å². The number of carboxylic acids is 1. The van der Waals surface area contributed by atoms with Gasteiger partial charge in [-0.1, -0.05) is 44.2 Å². The highest BCUT2D eigenvalue weighted by Crippen LogP contribution is 2.08. The molecule has 0 heterocycles. The van der Waals surface area contributed by atoms with Crippen molar-refractivity contribution in [1.29, 1.82) is 0 Å². The molecule has 1 aromatic carbocycles. The van der Waals surface area contributed by atoms with Gasteiger partial charge in [-0.15, -0.1) is 0 Å². The SMILES string of the molecule is CC(C)CC(NC(=O)C(Cc1ccccc1)NC(=O)COCCOCCOCCOCCOCCS)C(=O)O. The first kappa shape index (κ1) is 34.8. The van der Waals surface area contributed by atoms with Crippen LogP contribution in [0, 0.1) is 5.92 Å². The average Bonchev–Trinajstić information content (AvgIpc) is 2.90. The molecule has 3 N–H and O–H groups in total. The first-order valence-electron chi connectivity index (χ1n) is 13.2. The highest BCUT2D eigenvalue weighted by molar-refractivity contribution is 7.80. The van der Waals surface area contributed by atoms with Crippen LogP contribution in [0.2, 0.25) is 0 Å². The maximum Gasteiger partial charge on any atom is 0.326 e. The number of amides is 2. The Kier molecular flexibility index (Phi) is 20.2. The number of aliphatic carboxylic acids is 1. The van der Waals surface area contributed by atoms with Crippen LogP contribution in [0.15, 0.2) is 30.3 Å². The van der Waals surface area contributed by atoms with Crippen LogP contribution in [-0.4, -0.2) is 107 Å². The van der Waals surface area contributed by atoms with Crippen LogP contribution in [0.1, 0.15) is 25.8 Å². The van der Waals surface area contributed by atoms with E-state index in [0.29, 0.717) is 52.0 Å². The molecule has 39 heavy (non-hydrogen) atoms. The topological polar surface area (TPSA) is 142 Å². The largest absolute Gasteiger partial charge is 0.480 e. The van der Waals surface area contributed by atoms with Crippen molar-refractivity contribution in [3.8, 4) is 0 Å². The third kappa shape index (κ3) is 18.7. The summed E-state index contributed by atoms with van der Waals surface area (Å²) in [7, 11) is 0. The fourth-order valence-corrected chi connectivity index (χ4v) is 3.50. The number of rotatable bonds is 24. The van der Waals surface area contributed by atoms with Crippen LogP contribution in [0.3, 0.4) is 0 Å². The number of benzene rings is 1. The minimum atomic E-state index is -1.12. The van der Waals surface area contributed by atoms with Crippen molar-refractivity contribution in [1.82, 2.24) is 10.6 Å². The second kappa shape index (κ2) is 22.6. The Bertz CT molecular complexity index is 799. The van der Waals surface area contributed by atoms with E-state index in [2.05, 4.69) is 23.3 Å². The second-order valence-electron chi connectivity index (χ2n) is 9.06. The van der Waals surface area contributed by atoms with Gasteiger partial charge in [0.15, 0.2) is 0 Å². The summed E-state index contributed by atoms with van der Waals surface area (Å²) >= 11 is 4.05. The summed E-state index contributed by atoms with van der Waals surface area (Å²) in [4.78, 5) is 37.0. The molecule has 222 valence electrons. The average molecular weight is 573 g/mol. The molecule has 1 rings (SSSR count). The third-order valence-corrected chi connectivity index (χ3v) is 5.40. The molecule has 0 spiro atoms. The van der Waals surface area contributed by atoms with Gasteiger partial charge in [0.2, 0.25) is 11.8 Å². The normalized spacial score (nSPS) is 12.7. The lowest BCUT2D eigenvalue weighted by Crippen LogP contribution is -2.53. The zero-order valence-electron chi connectivity index (χ0n) is 23.0. The number of ether oxygens (including phenoxy) is 5. The van der Waals surface area contributed by atoms with E-state index in [-0.39, 0.29) is 38.6 Å². The smallest absolute Gasteiger partial charge is 0.326 e. The van der Waals surface area contributed by atoms with Crippen LogP contribution in [0.5, 0.6) is 0 Å². The van der Waals surface area contributed by atoms with Gasteiger partial charge in [0, 0.05) is 12.2 Å². The van der Waals surface area contributed by atoms with Gasteiger partial charge in [-0.25, -0.2) is 4.79 Å². The van der Waals surface area contributed by atoms with Gasteiger partial charge in [0.1, 0.15) is 18.7 Å². The van der Waals surface area contributed by atoms with Gasteiger partial charge in [0.25, 0.3) is 0 Å². The molecule has 1 aromatic rings. The first-order chi connectivity index (χ1) is 18.8. The number of carbonyl (C=O) groups excluding carboxylic acids is 2. The van der Waals surface area contributed by atoms with Crippen molar-refractivity contribution < 1.29 is 43.2 Å². The van der Waals surface area contributed by atoms with E-state index in [4.69, 9.17) is 23.7 Å². The Labute approximate surface area is 236 Å². The maximum absolute atomic E-state index is 12.9. The highest BCUT2D eigenvalue weighted by Gasteiger charge is 2.27. The van der Waals surface area contributed by atoms with Crippen LogP contribution in [0.25, 0.3) is 0 Å². The van der Waals surface area contributed by atoms with E-state index in [1.807, 2.05) is 44.2 Å². The number of carboxylic acid groups (broad SMARTS) is 1. The van der Waals surface area contributed by atoms with Gasteiger partial charge in [-0.2, -0.15) is 12.6 Å². The second-order valence-corrected chi connectivity index (χ2v) is 9.51. The first-order valence-corrected chi connectivity index (χ1v) is 13.8. The molecule has 12 heteroatoms. The molecule has 0 aliphatic rings. The van der Waals surface area contributed by atoms with Crippen molar-refractivity contribution in [3.63, 3.8) is 0 Å². The van der Waals surface area contributed by atoms with E-state index < -0.39 is 29.9 Å². The molecule has 11 nitrogen and oxygen atoms in total. The molecule has 0 aliphatic heterocycles.